The number of nitrogens with zero attached hydrogens (tertiary/aromatic N) is 3. The molecule has 1 atom stereocenters. The zero-order chi connectivity index (χ0) is 19.9. The van der Waals surface area contributed by atoms with Gasteiger partial charge in [-0.3, -0.25) is 4.79 Å². The van der Waals surface area contributed by atoms with Gasteiger partial charge in [0.05, 0.1) is 17.1 Å². The summed E-state index contributed by atoms with van der Waals surface area (Å²) in [4.78, 5) is 21.3. The number of hydrogen-bond donors (Lipinski definition) is 1. The van der Waals surface area contributed by atoms with Gasteiger partial charge in [-0.1, -0.05) is 0 Å². The molecule has 2 saturated heterocycles. The van der Waals surface area contributed by atoms with Crippen LogP contribution in [-0.2, 0) is 11.0 Å². The number of carbonyl (C=O) groups is 1. The number of pyridine rings is 1. The molecule has 1 saturated carbocycles. The highest BCUT2D eigenvalue weighted by Crippen LogP contribution is 2.43. The lowest BCUT2D eigenvalue weighted by Gasteiger charge is -2.41. The summed E-state index contributed by atoms with van der Waals surface area (Å²) in [6.45, 7) is 1.73. The molecule has 0 bridgehead atoms. The van der Waals surface area contributed by atoms with Crippen molar-refractivity contribution in [2.75, 3.05) is 24.5 Å². The number of hydrogen-bond acceptors (Lipinski definition) is 4. The topological polar surface area (TPSA) is 56.7 Å². The molecule has 0 aromatic carbocycles. The fourth-order valence-electron chi connectivity index (χ4n) is 5.04. The summed E-state index contributed by atoms with van der Waals surface area (Å²) in [6, 6.07) is 2.24. The zero-order valence-electron chi connectivity index (χ0n) is 15.8. The van der Waals surface area contributed by atoms with E-state index >= 15 is 0 Å². The highest BCUT2D eigenvalue weighted by molar-refractivity contribution is 5.86. The molecule has 0 radical (unpaired) electrons. The second-order valence-corrected chi connectivity index (χ2v) is 8.42. The van der Waals surface area contributed by atoms with Gasteiger partial charge in [0.25, 0.3) is 0 Å². The van der Waals surface area contributed by atoms with Crippen LogP contribution in [0.1, 0.15) is 50.5 Å². The van der Waals surface area contributed by atoms with E-state index in [4.69, 9.17) is 0 Å². The normalized spacial score (nSPS) is 31.6. The number of alkyl halides is 3. The van der Waals surface area contributed by atoms with Crippen LogP contribution in [-0.4, -0.2) is 52.7 Å². The standard InChI is InChI=1S/C20H26F3N3O2/c21-20(22,23)14-6-9-24-17(12-14)25-10-1-7-19(13-25)8-11-26(18(19)28)15-2-4-16(27)5-3-15/h6,9,12,15-16,27H,1-5,7-8,10-11,13H2/t15-,16-,19?. The molecule has 2 aliphatic heterocycles. The molecule has 1 spiro atoms. The van der Waals surface area contributed by atoms with Crippen molar-refractivity contribution in [3.63, 3.8) is 0 Å². The summed E-state index contributed by atoms with van der Waals surface area (Å²) < 4.78 is 39.2. The average Bonchev–Trinajstić information content (AvgIpc) is 2.98. The summed E-state index contributed by atoms with van der Waals surface area (Å²) in [5.41, 5.74) is -1.23. The Morgan fingerprint density at radius 3 is 2.61 bits per heavy atom. The summed E-state index contributed by atoms with van der Waals surface area (Å²) in [7, 11) is 0. The number of anilines is 1. The number of amides is 1. The van der Waals surface area contributed by atoms with Crippen LogP contribution in [0.2, 0.25) is 0 Å². The Morgan fingerprint density at radius 2 is 1.89 bits per heavy atom. The molecule has 1 aromatic rings. The van der Waals surface area contributed by atoms with Gasteiger partial charge in [0, 0.05) is 31.9 Å². The van der Waals surface area contributed by atoms with E-state index in [1.807, 2.05) is 9.80 Å². The van der Waals surface area contributed by atoms with Crippen LogP contribution in [0, 0.1) is 5.41 Å². The molecule has 4 rings (SSSR count). The third-order valence-corrected chi connectivity index (χ3v) is 6.63. The van der Waals surface area contributed by atoms with E-state index in [1.54, 1.807) is 0 Å². The van der Waals surface area contributed by atoms with Crippen LogP contribution in [0.15, 0.2) is 18.3 Å². The Labute approximate surface area is 162 Å². The van der Waals surface area contributed by atoms with E-state index < -0.39 is 17.2 Å². The molecule has 5 nitrogen and oxygen atoms in total. The fourth-order valence-corrected chi connectivity index (χ4v) is 5.04. The zero-order valence-corrected chi connectivity index (χ0v) is 15.8. The van der Waals surface area contributed by atoms with E-state index in [0.29, 0.717) is 25.5 Å². The molecule has 1 amide bonds. The van der Waals surface area contributed by atoms with Gasteiger partial charge in [-0.2, -0.15) is 13.2 Å². The van der Waals surface area contributed by atoms with Crippen molar-refractivity contribution in [1.82, 2.24) is 9.88 Å². The Hall–Kier alpha value is -1.83. The second-order valence-electron chi connectivity index (χ2n) is 8.42. The molecule has 3 heterocycles. The smallest absolute Gasteiger partial charge is 0.393 e. The van der Waals surface area contributed by atoms with Crippen molar-refractivity contribution in [3.8, 4) is 0 Å². The van der Waals surface area contributed by atoms with E-state index in [0.717, 1.165) is 57.1 Å². The molecular weight excluding hydrogens is 371 g/mol. The summed E-state index contributed by atoms with van der Waals surface area (Å²) in [5.74, 6) is 0.423. The van der Waals surface area contributed by atoms with Crippen molar-refractivity contribution in [2.24, 2.45) is 5.41 Å². The molecule has 28 heavy (non-hydrogen) atoms. The molecule has 154 valence electrons. The Bertz CT molecular complexity index is 734. The van der Waals surface area contributed by atoms with Gasteiger partial charge in [0.15, 0.2) is 0 Å². The van der Waals surface area contributed by atoms with Gasteiger partial charge in [0.1, 0.15) is 5.82 Å². The predicted octanol–water partition coefficient (Wildman–Crippen LogP) is 3.22. The molecule has 8 heteroatoms. The number of aromatic nitrogens is 1. The Morgan fingerprint density at radius 1 is 1.14 bits per heavy atom. The first kappa shape index (κ1) is 19.5. The van der Waals surface area contributed by atoms with Crippen LogP contribution in [0.3, 0.4) is 0 Å². The molecule has 1 aliphatic carbocycles. The minimum Gasteiger partial charge on any atom is -0.393 e. The molecular formula is C20H26F3N3O2. The maximum Gasteiger partial charge on any atom is 0.416 e. The second kappa shape index (κ2) is 7.21. The Balaban J connectivity index is 1.50. The van der Waals surface area contributed by atoms with Crippen molar-refractivity contribution < 1.29 is 23.1 Å². The van der Waals surface area contributed by atoms with Crippen LogP contribution in [0.25, 0.3) is 0 Å². The van der Waals surface area contributed by atoms with Gasteiger partial charge in [-0.05, 0) is 57.1 Å². The molecule has 3 fully saturated rings. The summed E-state index contributed by atoms with van der Waals surface area (Å²) in [5, 5.41) is 9.72. The van der Waals surface area contributed by atoms with Gasteiger partial charge in [-0.15, -0.1) is 0 Å². The largest absolute Gasteiger partial charge is 0.416 e. The fraction of sp³-hybridized carbons (Fsp3) is 0.700. The van der Waals surface area contributed by atoms with Crippen molar-refractivity contribution in [2.45, 2.75) is 63.3 Å². The lowest BCUT2D eigenvalue weighted by Crippen LogP contribution is -2.50. The quantitative estimate of drug-likeness (QED) is 0.833. The molecule has 1 aromatic heterocycles. The maximum absolute atomic E-state index is 13.3. The van der Waals surface area contributed by atoms with Crippen LogP contribution >= 0.6 is 0 Å². The molecule has 3 aliphatic rings. The number of aliphatic hydroxyl groups is 1. The third kappa shape index (κ3) is 3.58. The third-order valence-electron chi connectivity index (χ3n) is 6.63. The van der Waals surface area contributed by atoms with Crippen molar-refractivity contribution in [3.05, 3.63) is 23.9 Å². The van der Waals surface area contributed by atoms with E-state index in [2.05, 4.69) is 4.98 Å². The SMILES string of the molecule is O=C1N([C@H]2CC[C@H](O)CC2)CCC12CCCN(c1cc(C(F)(F)F)ccn1)C2. The van der Waals surface area contributed by atoms with Crippen LogP contribution in [0.4, 0.5) is 19.0 Å². The highest BCUT2D eigenvalue weighted by atomic mass is 19.4. The summed E-state index contributed by atoms with van der Waals surface area (Å²) in [6.07, 6.45) is 1.88. The van der Waals surface area contributed by atoms with E-state index in [-0.39, 0.29) is 18.1 Å². The van der Waals surface area contributed by atoms with Gasteiger partial charge >= 0.3 is 6.18 Å². The number of carbonyl (C=O) groups excluding carboxylic acids is 1. The van der Waals surface area contributed by atoms with Gasteiger partial charge < -0.3 is 14.9 Å². The Kier molecular flexibility index (Phi) is 5.02. The maximum atomic E-state index is 13.3. The van der Waals surface area contributed by atoms with Crippen molar-refractivity contribution >= 4 is 11.7 Å². The highest BCUT2D eigenvalue weighted by Gasteiger charge is 2.50. The molecule has 1 N–H and O–H groups in total. The molecule has 1 unspecified atom stereocenters. The van der Waals surface area contributed by atoms with Crippen LogP contribution in [0.5, 0.6) is 0 Å². The average molecular weight is 397 g/mol. The van der Waals surface area contributed by atoms with Gasteiger partial charge in [-0.25, -0.2) is 4.98 Å². The monoisotopic (exact) mass is 397 g/mol. The number of halogens is 3. The first-order valence-corrected chi connectivity index (χ1v) is 10.1. The number of aliphatic hydroxyl groups excluding tert-OH is 1. The number of likely N-dealkylation sites (tertiary alicyclic amines) is 1. The minimum atomic E-state index is -4.41. The first-order chi connectivity index (χ1) is 13.3. The lowest BCUT2D eigenvalue weighted by molar-refractivity contribution is -0.139. The summed E-state index contributed by atoms with van der Waals surface area (Å²) >= 11 is 0. The number of piperidine rings is 1. The van der Waals surface area contributed by atoms with Crippen LogP contribution < -0.4 is 4.90 Å². The van der Waals surface area contributed by atoms with Crippen molar-refractivity contribution in [1.29, 1.82) is 0 Å². The van der Waals surface area contributed by atoms with E-state index in [9.17, 15) is 23.1 Å². The predicted molar refractivity (Wildman–Crippen MR) is 97.7 cm³/mol. The first-order valence-electron chi connectivity index (χ1n) is 10.1. The van der Waals surface area contributed by atoms with Gasteiger partial charge in [0.2, 0.25) is 5.91 Å². The lowest BCUT2D eigenvalue weighted by atomic mass is 9.78. The van der Waals surface area contributed by atoms with E-state index in [1.165, 1.54) is 6.20 Å². The minimum absolute atomic E-state index is 0.130. The number of rotatable bonds is 2.